The number of thioether (sulfide) groups is 1. The number of carboxylic acid groups (broad SMARTS) is 1. The van der Waals surface area contributed by atoms with E-state index in [4.69, 9.17) is 16.7 Å². The molecule has 0 heterocycles. The molecule has 2 rings (SSSR count). The Morgan fingerprint density at radius 3 is 2.75 bits per heavy atom. The summed E-state index contributed by atoms with van der Waals surface area (Å²) in [5.74, 6) is -1.36. The van der Waals surface area contributed by atoms with Gasteiger partial charge in [0.1, 0.15) is 0 Å². The van der Waals surface area contributed by atoms with Gasteiger partial charge in [0, 0.05) is 15.5 Å². The first kappa shape index (κ1) is 18.0. The van der Waals surface area contributed by atoms with Crippen LogP contribution in [-0.4, -0.2) is 29.5 Å². The Morgan fingerprint density at radius 2 is 2.04 bits per heavy atom. The zero-order valence-electron chi connectivity index (χ0n) is 12.8. The van der Waals surface area contributed by atoms with Gasteiger partial charge in [-0.2, -0.15) is 5.10 Å². The summed E-state index contributed by atoms with van der Waals surface area (Å²) in [6.45, 7) is 0. The van der Waals surface area contributed by atoms with E-state index in [1.807, 2.05) is 12.3 Å². The lowest BCUT2D eigenvalue weighted by Gasteiger charge is -2.07. The number of halogens is 1. The Kier molecular flexibility index (Phi) is 6.40. The Bertz CT molecular complexity index is 793. The van der Waals surface area contributed by atoms with Crippen LogP contribution in [0.2, 0.25) is 5.02 Å². The minimum atomic E-state index is -1.05. The third-order valence-electron chi connectivity index (χ3n) is 3.18. The summed E-state index contributed by atoms with van der Waals surface area (Å²) in [4.78, 5) is 24.1. The van der Waals surface area contributed by atoms with Crippen LogP contribution in [0.3, 0.4) is 0 Å². The first-order valence-corrected chi connectivity index (χ1v) is 8.58. The lowest BCUT2D eigenvalue weighted by atomic mass is 10.1. The van der Waals surface area contributed by atoms with Gasteiger partial charge in [0.05, 0.1) is 18.2 Å². The van der Waals surface area contributed by atoms with Crippen molar-refractivity contribution in [2.45, 2.75) is 11.3 Å². The fourth-order valence-electron chi connectivity index (χ4n) is 2.08. The van der Waals surface area contributed by atoms with Gasteiger partial charge in [-0.05, 0) is 36.1 Å². The lowest BCUT2D eigenvalue weighted by molar-refractivity contribution is -0.120. The minimum Gasteiger partial charge on any atom is -0.478 e. The number of rotatable bonds is 6. The second-order valence-electron chi connectivity index (χ2n) is 4.82. The molecular formula is C17H15ClN2O3S. The highest BCUT2D eigenvalue weighted by Crippen LogP contribution is 2.24. The van der Waals surface area contributed by atoms with Crippen molar-refractivity contribution in [1.29, 1.82) is 0 Å². The summed E-state index contributed by atoms with van der Waals surface area (Å²) < 4.78 is 0. The van der Waals surface area contributed by atoms with E-state index < -0.39 is 5.97 Å². The van der Waals surface area contributed by atoms with Crippen LogP contribution in [0.1, 0.15) is 21.5 Å². The molecule has 0 radical (unpaired) electrons. The summed E-state index contributed by atoms with van der Waals surface area (Å²) in [5, 5.41) is 13.5. The number of amides is 1. The number of nitrogens with one attached hydrogen (secondary N) is 1. The monoisotopic (exact) mass is 362 g/mol. The van der Waals surface area contributed by atoms with E-state index in [0.717, 1.165) is 10.5 Å². The van der Waals surface area contributed by atoms with Gasteiger partial charge in [-0.1, -0.05) is 29.8 Å². The van der Waals surface area contributed by atoms with Crippen molar-refractivity contribution in [3.63, 3.8) is 0 Å². The molecule has 0 aliphatic heterocycles. The van der Waals surface area contributed by atoms with Crippen molar-refractivity contribution in [1.82, 2.24) is 5.43 Å². The number of aromatic carboxylic acids is 1. The number of benzene rings is 2. The maximum Gasteiger partial charge on any atom is 0.336 e. The van der Waals surface area contributed by atoms with Crippen LogP contribution in [-0.2, 0) is 11.2 Å². The molecule has 0 aliphatic carbocycles. The van der Waals surface area contributed by atoms with Crippen LogP contribution in [0.5, 0.6) is 0 Å². The molecule has 124 valence electrons. The molecule has 2 aromatic carbocycles. The van der Waals surface area contributed by atoms with E-state index in [0.29, 0.717) is 10.6 Å². The van der Waals surface area contributed by atoms with Gasteiger partial charge in [0.15, 0.2) is 0 Å². The SMILES string of the molecule is CSc1ccc(Cl)cc1CC(=O)N/N=C\c1ccccc1C(=O)O. The van der Waals surface area contributed by atoms with E-state index in [-0.39, 0.29) is 17.9 Å². The second-order valence-corrected chi connectivity index (χ2v) is 6.10. The molecule has 24 heavy (non-hydrogen) atoms. The molecule has 0 fully saturated rings. The first-order valence-electron chi connectivity index (χ1n) is 6.98. The fourth-order valence-corrected chi connectivity index (χ4v) is 2.87. The standard InChI is InChI=1S/C17H15ClN2O3S/c1-24-15-7-6-13(18)8-12(15)9-16(21)20-19-10-11-4-2-3-5-14(11)17(22)23/h2-8,10H,9H2,1H3,(H,20,21)(H,22,23)/b19-10-. The molecule has 0 atom stereocenters. The molecular weight excluding hydrogens is 348 g/mol. The Balaban J connectivity index is 2.04. The average Bonchev–Trinajstić information content (AvgIpc) is 2.55. The van der Waals surface area contributed by atoms with Gasteiger partial charge in [-0.15, -0.1) is 11.8 Å². The molecule has 0 unspecified atom stereocenters. The van der Waals surface area contributed by atoms with Crippen LogP contribution in [0.15, 0.2) is 52.5 Å². The van der Waals surface area contributed by atoms with Gasteiger partial charge < -0.3 is 5.11 Å². The molecule has 0 aromatic heterocycles. The fraction of sp³-hybridized carbons (Fsp3) is 0.118. The highest BCUT2D eigenvalue weighted by atomic mass is 35.5. The van der Waals surface area contributed by atoms with E-state index in [9.17, 15) is 9.59 Å². The normalized spacial score (nSPS) is 10.8. The quantitative estimate of drug-likeness (QED) is 0.468. The zero-order valence-corrected chi connectivity index (χ0v) is 14.4. The molecule has 0 aliphatic rings. The second kappa shape index (κ2) is 8.52. The third-order valence-corrected chi connectivity index (χ3v) is 4.25. The molecule has 2 aromatic rings. The number of nitrogens with zero attached hydrogens (tertiary/aromatic N) is 1. The van der Waals surface area contributed by atoms with Crippen molar-refractivity contribution in [3.8, 4) is 0 Å². The van der Waals surface area contributed by atoms with E-state index in [2.05, 4.69) is 10.5 Å². The highest BCUT2D eigenvalue weighted by Gasteiger charge is 2.09. The molecule has 7 heteroatoms. The summed E-state index contributed by atoms with van der Waals surface area (Å²) in [6.07, 6.45) is 3.37. The molecule has 1 amide bonds. The minimum absolute atomic E-state index is 0.120. The largest absolute Gasteiger partial charge is 0.478 e. The highest BCUT2D eigenvalue weighted by molar-refractivity contribution is 7.98. The Hall–Kier alpha value is -2.31. The predicted molar refractivity (Wildman–Crippen MR) is 96.1 cm³/mol. The molecule has 0 bridgehead atoms. The zero-order chi connectivity index (χ0) is 17.5. The van der Waals surface area contributed by atoms with Crippen LogP contribution >= 0.6 is 23.4 Å². The first-order chi connectivity index (χ1) is 11.5. The maximum absolute atomic E-state index is 12.0. The van der Waals surface area contributed by atoms with Gasteiger partial charge in [0.25, 0.3) is 0 Å². The summed E-state index contributed by atoms with van der Waals surface area (Å²) in [7, 11) is 0. The molecule has 0 saturated carbocycles. The average molecular weight is 363 g/mol. The predicted octanol–water partition coefficient (Wildman–Crippen LogP) is 3.45. The lowest BCUT2D eigenvalue weighted by Crippen LogP contribution is -2.20. The smallest absolute Gasteiger partial charge is 0.336 e. The number of hydrogen-bond acceptors (Lipinski definition) is 4. The van der Waals surface area contributed by atoms with Crippen LogP contribution in [0.4, 0.5) is 0 Å². The van der Waals surface area contributed by atoms with Gasteiger partial charge in [-0.3, -0.25) is 4.79 Å². The van der Waals surface area contributed by atoms with E-state index in [1.165, 1.54) is 24.0 Å². The molecule has 0 spiro atoms. The van der Waals surface area contributed by atoms with Crippen molar-refractivity contribution < 1.29 is 14.7 Å². The Morgan fingerprint density at radius 1 is 1.29 bits per heavy atom. The summed E-state index contributed by atoms with van der Waals surface area (Å²) in [6, 6.07) is 11.8. The van der Waals surface area contributed by atoms with Crippen LogP contribution in [0.25, 0.3) is 0 Å². The third kappa shape index (κ3) is 4.84. The summed E-state index contributed by atoms with van der Waals surface area (Å²) in [5.41, 5.74) is 3.75. The number of hydrogen-bond donors (Lipinski definition) is 2. The van der Waals surface area contributed by atoms with Crippen LogP contribution in [0, 0.1) is 0 Å². The molecule has 0 saturated heterocycles. The van der Waals surface area contributed by atoms with Gasteiger partial charge in [-0.25, -0.2) is 10.2 Å². The van der Waals surface area contributed by atoms with Crippen molar-refractivity contribution >= 4 is 41.5 Å². The number of carboxylic acids is 1. The number of hydrazone groups is 1. The molecule has 2 N–H and O–H groups in total. The van der Waals surface area contributed by atoms with Gasteiger partial charge >= 0.3 is 5.97 Å². The van der Waals surface area contributed by atoms with Crippen molar-refractivity contribution in [2.75, 3.05) is 6.26 Å². The van der Waals surface area contributed by atoms with Crippen molar-refractivity contribution in [3.05, 3.63) is 64.2 Å². The van der Waals surface area contributed by atoms with Gasteiger partial charge in [0.2, 0.25) is 5.91 Å². The Labute approximate surface area is 148 Å². The number of carbonyl (C=O) groups is 2. The van der Waals surface area contributed by atoms with Crippen LogP contribution < -0.4 is 5.43 Å². The van der Waals surface area contributed by atoms with E-state index in [1.54, 1.807) is 30.3 Å². The summed E-state index contributed by atoms with van der Waals surface area (Å²) >= 11 is 7.49. The maximum atomic E-state index is 12.0. The van der Waals surface area contributed by atoms with E-state index >= 15 is 0 Å². The number of carbonyl (C=O) groups excluding carboxylic acids is 1. The van der Waals surface area contributed by atoms with Crippen molar-refractivity contribution in [2.24, 2.45) is 5.10 Å². The topological polar surface area (TPSA) is 78.8 Å². The molecule has 5 nitrogen and oxygen atoms in total.